The van der Waals surface area contributed by atoms with Crippen molar-refractivity contribution in [3.05, 3.63) is 46.8 Å². The van der Waals surface area contributed by atoms with E-state index < -0.39 is 10.0 Å². The van der Waals surface area contributed by atoms with Crippen molar-refractivity contribution in [3.63, 3.8) is 0 Å². The standard InChI is InChI=1S/C15H19N3O2S/c1-11-4-6-13(7-5-11)21(19,20)18-9-8-14-12(2)16-17(3)15(14)10-18/h4-7H,8-10H2,1-3H3. The molecule has 0 aliphatic carbocycles. The van der Waals surface area contributed by atoms with Gasteiger partial charge in [-0.1, -0.05) is 17.7 Å². The lowest BCUT2D eigenvalue weighted by Gasteiger charge is -2.26. The molecule has 112 valence electrons. The second kappa shape index (κ2) is 4.96. The highest BCUT2D eigenvalue weighted by Gasteiger charge is 2.30. The fourth-order valence-electron chi connectivity index (χ4n) is 2.82. The van der Waals surface area contributed by atoms with Gasteiger partial charge >= 0.3 is 0 Å². The van der Waals surface area contributed by atoms with Crippen LogP contribution < -0.4 is 0 Å². The minimum Gasteiger partial charge on any atom is -0.271 e. The molecule has 0 N–H and O–H groups in total. The number of nitrogens with zero attached hydrogens (tertiary/aromatic N) is 3. The summed E-state index contributed by atoms with van der Waals surface area (Å²) in [5.74, 6) is 0. The van der Waals surface area contributed by atoms with Crippen LogP contribution in [0.2, 0.25) is 0 Å². The van der Waals surface area contributed by atoms with Crippen molar-refractivity contribution >= 4 is 10.0 Å². The minimum absolute atomic E-state index is 0.357. The molecule has 0 bridgehead atoms. The van der Waals surface area contributed by atoms with Crippen molar-refractivity contribution in [1.29, 1.82) is 0 Å². The molecule has 0 amide bonds. The predicted molar refractivity (Wildman–Crippen MR) is 80.4 cm³/mol. The van der Waals surface area contributed by atoms with Gasteiger partial charge in [-0.25, -0.2) is 8.42 Å². The van der Waals surface area contributed by atoms with Crippen LogP contribution >= 0.6 is 0 Å². The highest BCUT2D eigenvalue weighted by molar-refractivity contribution is 7.89. The Morgan fingerprint density at radius 3 is 2.48 bits per heavy atom. The Balaban J connectivity index is 1.95. The number of aryl methyl sites for hydroxylation is 3. The first kappa shape index (κ1) is 14.3. The number of sulfonamides is 1. The fourth-order valence-corrected chi connectivity index (χ4v) is 4.22. The zero-order chi connectivity index (χ0) is 15.2. The van der Waals surface area contributed by atoms with Crippen molar-refractivity contribution in [2.45, 2.75) is 31.7 Å². The van der Waals surface area contributed by atoms with Crippen LogP contribution in [-0.4, -0.2) is 29.0 Å². The molecule has 2 heterocycles. The van der Waals surface area contributed by atoms with Gasteiger partial charge in [0.1, 0.15) is 0 Å². The molecule has 0 unspecified atom stereocenters. The second-order valence-electron chi connectivity index (χ2n) is 5.54. The van der Waals surface area contributed by atoms with Crippen LogP contribution in [0.15, 0.2) is 29.2 Å². The van der Waals surface area contributed by atoms with Crippen LogP contribution in [-0.2, 0) is 30.0 Å². The Bertz CT molecular complexity index is 776. The maximum atomic E-state index is 12.7. The van der Waals surface area contributed by atoms with E-state index in [4.69, 9.17) is 0 Å². The van der Waals surface area contributed by atoms with Gasteiger partial charge in [0.2, 0.25) is 10.0 Å². The Hall–Kier alpha value is -1.66. The van der Waals surface area contributed by atoms with E-state index in [1.807, 2.05) is 33.0 Å². The molecule has 5 nitrogen and oxygen atoms in total. The molecule has 3 rings (SSSR count). The molecule has 1 aliphatic heterocycles. The Labute approximate surface area is 125 Å². The molecule has 0 fully saturated rings. The normalized spacial score (nSPS) is 16.0. The molecule has 21 heavy (non-hydrogen) atoms. The van der Waals surface area contributed by atoms with E-state index in [2.05, 4.69) is 5.10 Å². The number of aromatic nitrogens is 2. The summed E-state index contributed by atoms with van der Waals surface area (Å²) in [7, 11) is -1.57. The molecule has 0 saturated carbocycles. The Morgan fingerprint density at radius 1 is 1.14 bits per heavy atom. The predicted octanol–water partition coefficient (Wildman–Crippen LogP) is 1.78. The highest BCUT2D eigenvalue weighted by atomic mass is 32.2. The zero-order valence-corrected chi connectivity index (χ0v) is 13.3. The third kappa shape index (κ3) is 2.38. The summed E-state index contributed by atoms with van der Waals surface area (Å²) >= 11 is 0. The Morgan fingerprint density at radius 2 is 1.81 bits per heavy atom. The number of hydrogen-bond donors (Lipinski definition) is 0. The summed E-state index contributed by atoms with van der Waals surface area (Å²) in [6.07, 6.45) is 0.722. The van der Waals surface area contributed by atoms with Gasteiger partial charge in [0.15, 0.2) is 0 Å². The molecule has 1 aromatic heterocycles. The summed E-state index contributed by atoms with van der Waals surface area (Å²) in [5, 5.41) is 4.39. The van der Waals surface area contributed by atoms with E-state index in [0.717, 1.165) is 23.4 Å². The van der Waals surface area contributed by atoms with Crippen molar-refractivity contribution in [1.82, 2.24) is 14.1 Å². The molecule has 1 aromatic carbocycles. The first-order valence-electron chi connectivity index (χ1n) is 6.98. The first-order valence-corrected chi connectivity index (χ1v) is 8.42. The lowest BCUT2D eigenvalue weighted by atomic mass is 10.1. The lowest BCUT2D eigenvalue weighted by molar-refractivity contribution is 0.379. The SMILES string of the molecule is Cc1ccc(S(=O)(=O)N2CCc3c(C)nn(C)c3C2)cc1. The largest absolute Gasteiger partial charge is 0.271 e. The molecule has 6 heteroatoms. The van der Waals surface area contributed by atoms with Gasteiger partial charge in [0.25, 0.3) is 0 Å². The smallest absolute Gasteiger partial charge is 0.243 e. The van der Waals surface area contributed by atoms with Crippen molar-refractivity contribution in [2.24, 2.45) is 7.05 Å². The molecular weight excluding hydrogens is 286 g/mol. The van der Waals surface area contributed by atoms with Crippen molar-refractivity contribution in [3.8, 4) is 0 Å². The van der Waals surface area contributed by atoms with Crippen LogP contribution in [0, 0.1) is 13.8 Å². The summed E-state index contributed by atoms with van der Waals surface area (Å²) < 4.78 is 28.8. The molecule has 0 atom stereocenters. The topological polar surface area (TPSA) is 55.2 Å². The first-order chi connectivity index (χ1) is 9.89. The van der Waals surface area contributed by atoms with Gasteiger partial charge in [-0.3, -0.25) is 4.68 Å². The average molecular weight is 305 g/mol. The van der Waals surface area contributed by atoms with Gasteiger partial charge in [0, 0.05) is 13.6 Å². The van der Waals surface area contributed by atoms with E-state index >= 15 is 0 Å². The van der Waals surface area contributed by atoms with Crippen LogP contribution in [0.1, 0.15) is 22.5 Å². The highest BCUT2D eigenvalue weighted by Crippen LogP contribution is 2.26. The maximum absolute atomic E-state index is 12.7. The third-order valence-electron chi connectivity index (χ3n) is 4.07. The Kier molecular flexibility index (Phi) is 3.37. The molecule has 0 spiro atoms. The summed E-state index contributed by atoms with van der Waals surface area (Å²) in [4.78, 5) is 0.357. The number of benzene rings is 1. The van der Waals surface area contributed by atoms with Gasteiger partial charge in [-0.15, -0.1) is 0 Å². The molecule has 0 radical (unpaired) electrons. The van der Waals surface area contributed by atoms with E-state index in [1.54, 1.807) is 21.1 Å². The van der Waals surface area contributed by atoms with Crippen molar-refractivity contribution in [2.75, 3.05) is 6.54 Å². The molecule has 0 saturated heterocycles. The van der Waals surface area contributed by atoms with Crippen LogP contribution in [0.5, 0.6) is 0 Å². The van der Waals surface area contributed by atoms with Gasteiger partial charge in [0.05, 0.1) is 22.8 Å². The van der Waals surface area contributed by atoms with Crippen LogP contribution in [0.25, 0.3) is 0 Å². The van der Waals surface area contributed by atoms with E-state index in [9.17, 15) is 8.42 Å². The summed E-state index contributed by atoms with van der Waals surface area (Å²) in [5.41, 5.74) is 4.24. The van der Waals surface area contributed by atoms with E-state index in [1.165, 1.54) is 5.56 Å². The monoisotopic (exact) mass is 305 g/mol. The van der Waals surface area contributed by atoms with E-state index in [0.29, 0.717) is 18.0 Å². The summed E-state index contributed by atoms with van der Waals surface area (Å²) in [6, 6.07) is 7.01. The average Bonchev–Trinajstić information content (AvgIpc) is 2.74. The van der Waals surface area contributed by atoms with Gasteiger partial charge in [-0.2, -0.15) is 9.40 Å². The maximum Gasteiger partial charge on any atom is 0.243 e. The third-order valence-corrected chi connectivity index (χ3v) is 5.93. The zero-order valence-electron chi connectivity index (χ0n) is 12.5. The summed E-state index contributed by atoms with van der Waals surface area (Å²) in [6.45, 7) is 4.82. The number of hydrogen-bond acceptors (Lipinski definition) is 3. The molecule has 2 aromatic rings. The molecular formula is C15H19N3O2S. The second-order valence-corrected chi connectivity index (χ2v) is 7.47. The number of fused-ring (bicyclic) bond motifs is 1. The van der Waals surface area contributed by atoms with Crippen molar-refractivity contribution < 1.29 is 8.42 Å². The van der Waals surface area contributed by atoms with Gasteiger partial charge in [-0.05, 0) is 38.0 Å². The minimum atomic E-state index is -3.44. The quantitative estimate of drug-likeness (QED) is 0.850. The fraction of sp³-hybridized carbons (Fsp3) is 0.400. The van der Waals surface area contributed by atoms with Crippen LogP contribution in [0.4, 0.5) is 0 Å². The van der Waals surface area contributed by atoms with Gasteiger partial charge < -0.3 is 0 Å². The van der Waals surface area contributed by atoms with Crippen LogP contribution in [0.3, 0.4) is 0 Å². The molecule has 1 aliphatic rings. The lowest BCUT2D eigenvalue weighted by Crippen LogP contribution is -2.36. The van der Waals surface area contributed by atoms with E-state index in [-0.39, 0.29) is 0 Å². The number of rotatable bonds is 2.